The van der Waals surface area contributed by atoms with E-state index in [0.29, 0.717) is 18.0 Å². The van der Waals surface area contributed by atoms with Gasteiger partial charge in [-0.3, -0.25) is 0 Å². The van der Waals surface area contributed by atoms with Gasteiger partial charge < -0.3 is 10.2 Å². The number of hydrogen-bond acceptors (Lipinski definition) is 2. The second-order valence-electron chi connectivity index (χ2n) is 6.95. The van der Waals surface area contributed by atoms with Crippen molar-refractivity contribution in [3.05, 3.63) is 29.8 Å². The quantitative estimate of drug-likeness (QED) is 0.892. The molecule has 0 bridgehead atoms. The maximum Gasteiger partial charge on any atom is 0.0404 e. The highest BCUT2D eigenvalue weighted by molar-refractivity contribution is 5.56. The Morgan fingerprint density at radius 1 is 1.20 bits per heavy atom. The topological polar surface area (TPSA) is 15.3 Å². The van der Waals surface area contributed by atoms with Crippen molar-refractivity contribution in [2.24, 2.45) is 5.92 Å². The van der Waals surface area contributed by atoms with Crippen molar-refractivity contribution >= 4 is 5.69 Å². The fourth-order valence-corrected chi connectivity index (χ4v) is 3.23. The molecule has 0 radical (unpaired) electrons. The van der Waals surface area contributed by atoms with Crippen molar-refractivity contribution in [1.29, 1.82) is 0 Å². The molecule has 112 valence electrons. The highest BCUT2D eigenvalue weighted by Gasteiger charge is 2.27. The molecule has 20 heavy (non-hydrogen) atoms. The summed E-state index contributed by atoms with van der Waals surface area (Å²) < 4.78 is 0. The molecule has 1 aliphatic heterocycles. The van der Waals surface area contributed by atoms with Crippen LogP contribution in [-0.4, -0.2) is 25.2 Å². The molecule has 2 unspecified atom stereocenters. The van der Waals surface area contributed by atoms with E-state index in [1.54, 1.807) is 0 Å². The zero-order valence-corrected chi connectivity index (χ0v) is 13.7. The maximum atomic E-state index is 3.71. The van der Waals surface area contributed by atoms with Crippen LogP contribution in [0.15, 0.2) is 24.3 Å². The van der Waals surface area contributed by atoms with Gasteiger partial charge >= 0.3 is 0 Å². The molecule has 2 heteroatoms. The van der Waals surface area contributed by atoms with Crippen molar-refractivity contribution < 1.29 is 0 Å². The molecule has 1 saturated heterocycles. The fourth-order valence-electron chi connectivity index (χ4n) is 3.23. The van der Waals surface area contributed by atoms with Gasteiger partial charge in [-0.05, 0) is 36.8 Å². The lowest BCUT2D eigenvalue weighted by Crippen LogP contribution is -2.56. The van der Waals surface area contributed by atoms with Gasteiger partial charge in [0.2, 0.25) is 0 Å². The van der Waals surface area contributed by atoms with Gasteiger partial charge in [0.15, 0.2) is 0 Å². The Labute approximate surface area is 124 Å². The molecule has 1 aromatic rings. The van der Waals surface area contributed by atoms with Crippen LogP contribution in [0.5, 0.6) is 0 Å². The molecule has 2 atom stereocenters. The van der Waals surface area contributed by atoms with Crippen LogP contribution >= 0.6 is 0 Å². The molecule has 1 aromatic carbocycles. The van der Waals surface area contributed by atoms with Gasteiger partial charge in [0.05, 0.1) is 0 Å². The van der Waals surface area contributed by atoms with Crippen LogP contribution in [0, 0.1) is 5.92 Å². The summed E-state index contributed by atoms with van der Waals surface area (Å²) in [6.07, 6.45) is 1.26. The average molecular weight is 274 g/mol. The summed E-state index contributed by atoms with van der Waals surface area (Å²) in [5.41, 5.74) is 2.91. The molecular weight excluding hydrogens is 244 g/mol. The molecule has 0 aromatic heterocycles. The van der Waals surface area contributed by atoms with E-state index in [4.69, 9.17) is 0 Å². The van der Waals surface area contributed by atoms with Crippen LogP contribution < -0.4 is 10.2 Å². The zero-order chi connectivity index (χ0) is 14.7. The Balaban J connectivity index is 2.21. The number of para-hydroxylation sites is 1. The molecule has 0 spiro atoms. The van der Waals surface area contributed by atoms with Crippen molar-refractivity contribution in [3.8, 4) is 0 Å². The summed E-state index contributed by atoms with van der Waals surface area (Å²) in [5, 5.41) is 3.71. The largest absolute Gasteiger partial charge is 0.366 e. The van der Waals surface area contributed by atoms with Crippen LogP contribution in [0.25, 0.3) is 0 Å². The second-order valence-corrected chi connectivity index (χ2v) is 6.95. The van der Waals surface area contributed by atoms with E-state index in [-0.39, 0.29) is 0 Å². The van der Waals surface area contributed by atoms with Gasteiger partial charge in [0.25, 0.3) is 0 Å². The molecule has 2 nitrogen and oxygen atoms in total. The molecule has 1 N–H and O–H groups in total. The molecule has 1 heterocycles. The summed E-state index contributed by atoms with van der Waals surface area (Å²) in [4.78, 5) is 2.61. The van der Waals surface area contributed by atoms with Gasteiger partial charge in [-0.2, -0.15) is 0 Å². The number of anilines is 1. The van der Waals surface area contributed by atoms with Crippen molar-refractivity contribution in [1.82, 2.24) is 5.32 Å². The van der Waals surface area contributed by atoms with Crippen molar-refractivity contribution in [3.63, 3.8) is 0 Å². The second kappa shape index (κ2) is 6.62. The van der Waals surface area contributed by atoms with Gasteiger partial charge in [0.1, 0.15) is 0 Å². The smallest absolute Gasteiger partial charge is 0.0404 e. The highest BCUT2D eigenvalue weighted by atomic mass is 15.2. The predicted molar refractivity (Wildman–Crippen MR) is 88.6 cm³/mol. The summed E-state index contributed by atoms with van der Waals surface area (Å²) in [6, 6.07) is 10.1. The lowest BCUT2D eigenvalue weighted by atomic mass is 9.96. The van der Waals surface area contributed by atoms with Gasteiger partial charge in [-0.25, -0.2) is 0 Å². The number of nitrogens with zero attached hydrogens (tertiary/aromatic N) is 1. The molecule has 0 amide bonds. The van der Waals surface area contributed by atoms with Gasteiger partial charge in [-0.1, -0.05) is 45.9 Å². The summed E-state index contributed by atoms with van der Waals surface area (Å²) in [6.45, 7) is 13.7. The van der Waals surface area contributed by atoms with E-state index >= 15 is 0 Å². The summed E-state index contributed by atoms with van der Waals surface area (Å²) >= 11 is 0. The van der Waals surface area contributed by atoms with Gasteiger partial charge in [-0.15, -0.1) is 0 Å². The average Bonchev–Trinajstić information content (AvgIpc) is 2.40. The van der Waals surface area contributed by atoms with E-state index in [1.807, 2.05) is 0 Å². The van der Waals surface area contributed by atoms with Crippen molar-refractivity contribution in [2.45, 2.75) is 59.0 Å². The van der Waals surface area contributed by atoms with E-state index in [2.05, 4.69) is 69.1 Å². The van der Waals surface area contributed by atoms with Crippen LogP contribution in [0.2, 0.25) is 0 Å². The minimum atomic E-state index is 0.568. The minimum absolute atomic E-state index is 0.568. The lowest BCUT2D eigenvalue weighted by Gasteiger charge is -2.42. The Hall–Kier alpha value is -1.02. The van der Waals surface area contributed by atoms with Crippen LogP contribution in [-0.2, 0) is 0 Å². The number of nitrogens with one attached hydrogen (secondary N) is 1. The van der Waals surface area contributed by atoms with Crippen LogP contribution in [0.4, 0.5) is 5.69 Å². The zero-order valence-electron chi connectivity index (χ0n) is 13.7. The standard InChI is InChI=1S/C18H30N2/c1-13(2)10-16-12-20(15(5)11-19-16)18-9-7-6-8-17(18)14(3)4/h6-9,13-16,19H,10-12H2,1-5H3. The number of benzene rings is 1. The van der Waals surface area contributed by atoms with E-state index in [1.165, 1.54) is 17.7 Å². The first-order valence-corrected chi connectivity index (χ1v) is 8.08. The SMILES string of the molecule is CC(C)CC1CN(c2ccccc2C(C)C)C(C)CN1. The number of rotatable bonds is 4. The third kappa shape index (κ3) is 3.54. The molecule has 1 aliphatic rings. The first-order chi connectivity index (χ1) is 9.49. The molecule has 0 aliphatic carbocycles. The molecule has 2 rings (SSSR count). The number of piperazine rings is 1. The van der Waals surface area contributed by atoms with E-state index in [9.17, 15) is 0 Å². The predicted octanol–water partition coefficient (Wildman–Crippen LogP) is 4.02. The van der Waals surface area contributed by atoms with E-state index < -0.39 is 0 Å². The Kier molecular flexibility index (Phi) is 5.09. The molecular formula is C18H30N2. The minimum Gasteiger partial charge on any atom is -0.366 e. The normalized spacial score (nSPS) is 23.6. The Morgan fingerprint density at radius 2 is 1.90 bits per heavy atom. The maximum absolute atomic E-state index is 3.71. The van der Waals surface area contributed by atoms with Crippen molar-refractivity contribution in [2.75, 3.05) is 18.0 Å². The van der Waals surface area contributed by atoms with Crippen LogP contribution in [0.1, 0.15) is 52.5 Å². The molecule has 1 fully saturated rings. The number of hydrogen-bond donors (Lipinski definition) is 1. The lowest BCUT2D eigenvalue weighted by molar-refractivity contribution is 0.355. The third-order valence-corrected chi connectivity index (χ3v) is 4.28. The summed E-state index contributed by atoms with van der Waals surface area (Å²) in [7, 11) is 0. The monoisotopic (exact) mass is 274 g/mol. The highest BCUT2D eigenvalue weighted by Crippen LogP contribution is 2.30. The Bertz CT molecular complexity index is 425. The van der Waals surface area contributed by atoms with E-state index in [0.717, 1.165) is 19.0 Å². The first-order valence-electron chi connectivity index (χ1n) is 8.08. The Morgan fingerprint density at radius 3 is 2.55 bits per heavy atom. The summed E-state index contributed by atoms with van der Waals surface area (Å²) in [5.74, 6) is 1.33. The van der Waals surface area contributed by atoms with Crippen LogP contribution in [0.3, 0.4) is 0 Å². The third-order valence-electron chi connectivity index (χ3n) is 4.28. The fraction of sp³-hybridized carbons (Fsp3) is 0.667. The van der Waals surface area contributed by atoms with Gasteiger partial charge in [0, 0.05) is 30.9 Å². The molecule has 0 saturated carbocycles. The first kappa shape index (κ1) is 15.4.